The first-order valence-electron chi connectivity index (χ1n) is 12.5. The van der Waals surface area contributed by atoms with Crippen molar-refractivity contribution in [3.8, 4) is 22.5 Å². The fourth-order valence-electron chi connectivity index (χ4n) is 4.54. The monoisotopic (exact) mass is 511 g/mol. The third-order valence-corrected chi connectivity index (χ3v) is 7.85. The van der Waals surface area contributed by atoms with Gasteiger partial charge in [-0.1, -0.05) is 84.0 Å². The van der Waals surface area contributed by atoms with E-state index in [4.69, 9.17) is 9.26 Å². The van der Waals surface area contributed by atoms with Crippen LogP contribution < -0.4 is 0 Å². The second-order valence-electron chi connectivity index (χ2n) is 9.31. The highest BCUT2D eigenvalue weighted by molar-refractivity contribution is 7.99. The number of nitrogens with zero attached hydrogens (tertiary/aromatic N) is 1. The minimum atomic E-state index is -0.456. The van der Waals surface area contributed by atoms with E-state index in [2.05, 4.69) is 29.4 Å². The summed E-state index contributed by atoms with van der Waals surface area (Å²) in [6.07, 6.45) is 1.69. The van der Waals surface area contributed by atoms with Crippen LogP contribution in [-0.4, -0.2) is 29.3 Å². The number of rotatable bonds is 10. The highest BCUT2D eigenvalue weighted by atomic mass is 32.2. The number of ether oxygens (including phenoxy) is 1. The van der Waals surface area contributed by atoms with E-state index in [9.17, 15) is 9.59 Å². The first-order valence-corrected chi connectivity index (χ1v) is 13.7. The van der Waals surface area contributed by atoms with Gasteiger partial charge in [-0.15, -0.1) is 11.8 Å². The SMILES string of the molecule is CCOC(=O)C1(c2ccc(-c3ccc(-c4onc(C)c4CSCC(=O)c4ccccc4)cc3)cc2)CC1. The van der Waals surface area contributed by atoms with Crippen LogP contribution in [0.1, 0.15) is 46.9 Å². The van der Waals surface area contributed by atoms with Crippen LogP contribution in [0.4, 0.5) is 0 Å². The van der Waals surface area contributed by atoms with Crippen LogP contribution in [0.25, 0.3) is 22.5 Å². The fraction of sp³-hybridized carbons (Fsp3) is 0.258. The molecule has 0 radical (unpaired) electrons. The maximum absolute atomic E-state index is 12.4. The van der Waals surface area contributed by atoms with Crippen LogP contribution in [0, 0.1) is 6.92 Å². The Bertz CT molecular complexity index is 1390. The van der Waals surface area contributed by atoms with Crippen LogP contribution in [0.15, 0.2) is 83.4 Å². The van der Waals surface area contributed by atoms with Gasteiger partial charge in [0.05, 0.1) is 23.5 Å². The van der Waals surface area contributed by atoms with E-state index in [0.29, 0.717) is 18.1 Å². The molecule has 1 saturated carbocycles. The second-order valence-corrected chi connectivity index (χ2v) is 10.3. The second kappa shape index (κ2) is 10.8. The highest BCUT2D eigenvalue weighted by Gasteiger charge is 2.52. The third-order valence-electron chi connectivity index (χ3n) is 6.89. The summed E-state index contributed by atoms with van der Waals surface area (Å²) in [4.78, 5) is 24.8. The number of esters is 1. The molecule has 0 saturated heterocycles. The molecule has 37 heavy (non-hydrogen) atoms. The number of carbonyl (C=O) groups excluding carboxylic acids is 2. The van der Waals surface area contributed by atoms with Crippen molar-refractivity contribution >= 4 is 23.5 Å². The molecule has 5 rings (SSSR count). The lowest BCUT2D eigenvalue weighted by atomic mass is 9.93. The summed E-state index contributed by atoms with van der Waals surface area (Å²) in [7, 11) is 0. The van der Waals surface area contributed by atoms with E-state index < -0.39 is 5.41 Å². The number of aryl methyl sites for hydroxylation is 1. The number of benzene rings is 3. The van der Waals surface area contributed by atoms with Gasteiger partial charge in [0.2, 0.25) is 0 Å². The molecule has 0 aliphatic heterocycles. The molecule has 6 heteroatoms. The first kappa shape index (κ1) is 25.0. The Morgan fingerprint density at radius 3 is 2.16 bits per heavy atom. The van der Waals surface area contributed by atoms with E-state index in [1.54, 1.807) is 11.8 Å². The van der Waals surface area contributed by atoms with Crippen molar-refractivity contribution in [1.29, 1.82) is 0 Å². The molecular formula is C31H29NO4S. The predicted octanol–water partition coefficient (Wildman–Crippen LogP) is 7.03. The molecule has 1 heterocycles. The van der Waals surface area contributed by atoms with Crippen molar-refractivity contribution in [3.05, 3.63) is 101 Å². The average molecular weight is 512 g/mol. The molecule has 0 atom stereocenters. The number of hydrogen-bond donors (Lipinski definition) is 0. The number of ketones is 1. The molecule has 5 nitrogen and oxygen atoms in total. The van der Waals surface area contributed by atoms with Gasteiger partial charge < -0.3 is 9.26 Å². The van der Waals surface area contributed by atoms with E-state index in [1.165, 1.54) is 0 Å². The van der Waals surface area contributed by atoms with Gasteiger partial charge in [-0.25, -0.2) is 0 Å². The van der Waals surface area contributed by atoms with Crippen molar-refractivity contribution in [2.75, 3.05) is 12.4 Å². The molecule has 4 aromatic rings. The fourth-order valence-corrected chi connectivity index (χ4v) is 5.54. The van der Waals surface area contributed by atoms with Crippen LogP contribution in [-0.2, 0) is 20.7 Å². The number of carbonyl (C=O) groups is 2. The first-order chi connectivity index (χ1) is 18.0. The van der Waals surface area contributed by atoms with Gasteiger partial charge in [0.15, 0.2) is 11.5 Å². The molecule has 0 amide bonds. The van der Waals surface area contributed by atoms with Crippen LogP contribution >= 0.6 is 11.8 Å². The summed E-state index contributed by atoms with van der Waals surface area (Å²) in [5.74, 6) is 1.79. The molecule has 188 valence electrons. The van der Waals surface area contributed by atoms with Gasteiger partial charge in [0.1, 0.15) is 0 Å². The number of hydrogen-bond acceptors (Lipinski definition) is 6. The average Bonchev–Trinajstić information content (AvgIpc) is 3.68. The molecule has 0 unspecified atom stereocenters. The lowest BCUT2D eigenvalue weighted by Gasteiger charge is -2.14. The number of aromatic nitrogens is 1. The summed E-state index contributed by atoms with van der Waals surface area (Å²) in [6.45, 7) is 4.18. The summed E-state index contributed by atoms with van der Waals surface area (Å²) in [5, 5.41) is 4.18. The molecule has 0 N–H and O–H groups in total. The van der Waals surface area contributed by atoms with Crippen LogP contribution in [0.3, 0.4) is 0 Å². The summed E-state index contributed by atoms with van der Waals surface area (Å²) < 4.78 is 11.0. The van der Waals surface area contributed by atoms with Crippen LogP contribution in [0.2, 0.25) is 0 Å². The Morgan fingerprint density at radius 1 is 0.919 bits per heavy atom. The maximum atomic E-state index is 12.4. The number of thioether (sulfide) groups is 1. The molecule has 1 aliphatic rings. The van der Waals surface area contributed by atoms with Gasteiger partial charge in [-0.2, -0.15) is 0 Å². The van der Waals surface area contributed by atoms with Crippen molar-refractivity contribution in [2.45, 2.75) is 37.9 Å². The largest absolute Gasteiger partial charge is 0.465 e. The molecule has 3 aromatic carbocycles. The standard InChI is InChI=1S/C31H29NO4S/c1-3-35-30(34)31(17-18-31)26-15-13-23(14-16-26)22-9-11-25(12-10-22)29-27(21(2)32-36-29)19-37-20-28(33)24-7-5-4-6-8-24/h4-16H,3,17-20H2,1-2H3. The lowest BCUT2D eigenvalue weighted by Crippen LogP contribution is -2.23. The zero-order valence-corrected chi connectivity index (χ0v) is 21.8. The quantitative estimate of drug-likeness (QED) is 0.168. The minimum absolute atomic E-state index is 0.117. The van der Waals surface area contributed by atoms with Gasteiger partial charge >= 0.3 is 5.97 Å². The van der Waals surface area contributed by atoms with Crippen molar-refractivity contribution < 1.29 is 18.8 Å². The minimum Gasteiger partial charge on any atom is -0.465 e. The van der Waals surface area contributed by atoms with Gasteiger partial charge in [0.25, 0.3) is 0 Å². The zero-order chi connectivity index (χ0) is 25.8. The maximum Gasteiger partial charge on any atom is 0.316 e. The van der Waals surface area contributed by atoms with E-state index in [1.807, 2.05) is 68.4 Å². The lowest BCUT2D eigenvalue weighted by molar-refractivity contribution is -0.146. The molecule has 0 spiro atoms. The van der Waals surface area contributed by atoms with Crippen molar-refractivity contribution in [2.24, 2.45) is 0 Å². The topological polar surface area (TPSA) is 69.4 Å². The molecule has 1 fully saturated rings. The number of Topliss-reactive ketones (excluding diaryl/α,β-unsaturated/α-hetero) is 1. The van der Waals surface area contributed by atoms with E-state index in [0.717, 1.165) is 57.7 Å². The molecular weight excluding hydrogens is 482 g/mol. The Morgan fingerprint density at radius 2 is 1.54 bits per heavy atom. The summed E-state index contributed by atoms with van der Waals surface area (Å²) in [6, 6.07) is 25.8. The normalized spacial score (nSPS) is 13.8. The summed E-state index contributed by atoms with van der Waals surface area (Å²) >= 11 is 1.57. The van der Waals surface area contributed by atoms with E-state index in [-0.39, 0.29) is 11.8 Å². The van der Waals surface area contributed by atoms with Crippen molar-refractivity contribution in [3.63, 3.8) is 0 Å². The Kier molecular flexibility index (Phi) is 7.28. The third kappa shape index (κ3) is 5.25. The molecule has 1 aromatic heterocycles. The van der Waals surface area contributed by atoms with Gasteiger partial charge in [-0.05, 0) is 43.4 Å². The Labute approximate surface area is 221 Å². The smallest absolute Gasteiger partial charge is 0.316 e. The van der Waals surface area contributed by atoms with Gasteiger partial charge in [-0.3, -0.25) is 9.59 Å². The van der Waals surface area contributed by atoms with Crippen molar-refractivity contribution in [1.82, 2.24) is 5.16 Å². The predicted molar refractivity (Wildman–Crippen MR) is 147 cm³/mol. The Hall–Kier alpha value is -3.64. The van der Waals surface area contributed by atoms with E-state index >= 15 is 0 Å². The highest BCUT2D eigenvalue weighted by Crippen LogP contribution is 2.49. The molecule has 1 aliphatic carbocycles. The molecule has 0 bridgehead atoms. The zero-order valence-electron chi connectivity index (χ0n) is 21.0. The van der Waals surface area contributed by atoms with Crippen LogP contribution in [0.5, 0.6) is 0 Å². The van der Waals surface area contributed by atoms with Gasteiger partial charge in [0, 0.05) is 22.4 Å². The Balaban J connectivity index is 1.26. The summed E-state index contributed by atoms with van der Waals surface area (Å²) in [5.41, 5.74) is 6.26.